The lowest BCUT2D eigenvalue weighted by Crippen LogP contribution is -2.04. The fourth-order valence-corrected chi connectivity index (χ4v) is 6.10. The zero-order valence-corrected chi connectivity index (χ0v) is 21.3. The molecule has 7 rings (SSSR count). The number of rotatable bonds is 5. The maximum absolute atomic E-state index is 6.45. The van der Waals surface area contributed by atoms with Crippen molar-refractivity contribution in [2.24, 2.45) is 0 Å². The van der Waals surface area contributed by atoms with Crippen molar-refractivity contribution >= 4 is 32.4 Å². The van der Waals surface area contributed by atoms with E-state index in [0.717, 1.165) is 56.3 Å². The molecule has 0 saturated heterocycles. The second-order valence-electron chi connectivity index (χ2n) is 9.30. The van der Waals surface area contributed by atoms with Gasteiger partial charge in [0.1, 0.15) is 5.75 Å². The predicted octanol–water partition coefficient (Wildman–Crippen LogP) is 7.19. The molecule has 0 aliphatic carbocycles. The summed E-state index contributed by atoms with van der Waals surface area (Å²) in [5.74, 6) is 1.73. The van der Waals surface area contributed by atoms with Crippen LogP contribution in [-0.4, -0.2) is 32.2 Å². The third kappa shape index (κ3) is 4.18. The van der Waals surface area contributed by atoms with Crippen LogP contribution in [0.25, 0.3) is 32.7 Å². The fourth-order valence-electron chi connectivity index (χ4n) is 5.22. The Morgan fingerprint density at radius 2 is 1.71 bits per heavy atom. The number of nitrogens with zero attached hydrogens (tertiary/aromatic N) is 4. The minimum Gasteiger partial charge on any atom is -0.491 e. The van der Waals surface area contributed by atoms with E-state index in [1.165, 1.54) is 11.1 Å². The molecular formula is C30H24N6OS. The lowest BCUT2D eigenvalue weighted by molar-refractivity contribution is 0.318. The van der Waals surface area contributed by atoms with E-state index >= 15 is 0 Å². The van der Waals surface area contributed by atoms with E-state index in [1.54, 1.807) is 11.3 Å². The molecule has 2 N–H and O–H groups in total. The summed E-state index contributed by atoms with van der Waals surface area (Å²) in [5, 5.41) is 19.2. The van der Waals surface area contributed by atoms with E-state index in [9.17, 15) is 0 Å². The van der Waals surface area contributed by atoms with Gasteiger partial charge in [-0.3, -0.25) is 0 Å². The van der Waals surface area contributed by atoms with Crippen molar-refractivity contribution in [3.05, 3.63) is 102 Å². The Balaban J connectivity index is 1.43. The molecule has 6 aromatic rings. The van der Waals surface area contributed by atoms with Gasteiger partial charge >= 0.3 is 0 Å². The largest absolute Gasteiger partial charge is 0.491 e. The third-order valence-electron chi connectivity index (χ3n) is 6.95. The van der Waals surface area contributed by atoms with Gasteiger partial charge in [0.25, 0.3) is 0 Å². The lowest BCUT2D eigenvalue weighted by Gasteiger charge is -2.22. The Morgan fingerprint density at radius 3 is 2.55 bits per heavy atom. The molecule has 7 nitrogen and oxygen atoms in total. The standard InChI is InChI=1S/C30H24N6OS/c1-2-9-19(10-3-1)21-13-8-16-37-28-24(21)17-20(22-11-4-5-12-23(22)29-33-35-36-34-29)18-26(28)32-30-31-25-14-6-7-15-27(25)38-30/h1-7,9-12,14-15,17-18,21H,8,13,16H2,(H,31,32)(H,33,34,35,36). The quantitative estimate of drug-likeness (QED) is 0.252. The smallest absolute Gasteiger partial charge is 0.188 e. The van der Waals surface area contributed by atoms with Gasteiger partial charge in [0.2, 0.25) is 0 Å². The van der Waals surface area contributed by atoms with Gasteiger partial charge in [0.15, 0.2) is 11.0 Å². The zero-order valence-electron chi connectivity index (χ0n) is 20.5. The highest BCUT2D eigenvalue weighted by Gasteiger charge is 2.26. The number of para-hydroxylation sites is 1. The number of fused-ring (bicyclic) bond motifs is 2. The highest BCUT2D eigenvalue weighted by atomic mass is 32.1. The number of tetrazole rings is 1. The van der Waals surface area contributed by atoms with Crippen molar-refractivity contribution in [3.63, 3.8) is 0 Å². The zero-order chi connectivity index (χ0) is 25.3. The predicted molar refractivity (Wildman–Crippen MR) is 151 cm³/mol. The maximum Gasteiger partial charge on any atom is 0.188 e. The Labute approximate surface area is 223 Å². The molecule has 0 fully saturated rings. The minimum atomic E-state index is 0.212. The van der Waals surface area contributed by atoms with Crippen molar-refractivity contribution in [1.29, 1.82) is 0 Å². The maximum atomic E-state index is 6.45. The first-order valence-electron chi connectivity index (χ1n) is 12.7. The molecule has 0 bridgehead atoms. The normalized spacial score (nSPS) is 15.0. The number of aromatic amines is 1. The molecule has 2 aromatic heterocycles. The van der Waals surface area contributed by atoms with Crippen LogP contribution in [0.5, 0.6) is 5.75 Å². The van der Waals surface area contributed by atoms with Gasteiger partial charge in [0.05, 0.1) is 22.5 Å². The van der Waals surface area contributed by atoms with Crippen LogP contribution in [0.1, 0.15) is 29.9 Å². The lowest BCUT2D eigenvalue weighted by atomic mass is 9.85. The Kier molecular flexibility index (Phi) is 5.79. The molecule has 186 valence electrons. The first-order valence-corrected chi connectivity index (χ1v) is 13.5. The number of H-pyrrole nitrogens is 1. The van der Waals surface area contributed by atoms with Crippen LogP contribution in [0.4, 0.5) is 10.8 Å². The molecular weight excluding hydrogens is 492 g/mol. The molecule has 0 saturated carbocycles. The number of ether oxygens (including phenoxy) is 1. The molecule has 1 aliphatic heterocycles. The molecule has 0 amide bonds. The van der Waals surface area contributed by atoms with E-state index < -0.39 is 0 Å². The number of thiazole rings is 1. The summed E-state index contributed by atoms with van der Waals surface area (Å²) in [4.78, 5) is 4.84. The Bertz CT molecular complexity index is 1680. The van der Waals surface area contributed by atoms with Crippen LogP contribution in [0.15, 0.2) is 91.0 Å². The number of benzene rings is 4. The second kappa shape index (κ2) is 9.72. The van der Waals surface area contributed by atoms with Crippen molar-refractivity contribution in [2.75, 3.05) is 11.9 Å². The van der Waals surface area contributed by atoms with Crippen LogP contribution < -0.4 is 10.1 Å². The van der Waals surface area contributed by atoms with Crippen molar-refractivity contribution in [2.45, 2.75) is 18.8 Å². The van der Waals surface area contributed by atoms with Crippen LogP contribution >= 0.6 is 11.3 Å². The average Bonchev–Trinajstić information content (AvgIpc) is 3.59. The van der Waals surface area contributed by atoms with Crippen LogP contribution in [0.2, 0.25) is 0 Å². The van der Waals surface area contributed by atoms with Gasteiger partial charge in [-0.25, -0.2) is 10.1 Å². The Morgan fingerprint density at radius 1 is 0.895 bits per heavy atom. The molecule has 0 radical (unpaired) electrons. The number of hydrogen-bond acceptors (Lipinski definition) is 7. The van der Waals surface area contributed by atoms with E-state index in [4.69, 9.17) is 9.72 Å². The van der Waals surface area contributed by atoms with Gasteiger partial charge in [0, 0.05) is 17.0 Å². The van der Waals surface area contributed by atoms with E-state index in [2.05, 4.69) is 80.5 Å². The van der Waals surface area contributed by atoms with Gasteiger partial charge < -0.3 is 10.1 Å². The highest BCUT2D eigenvalue weighted by molar-refractivity contribution is 7.22. The monoisotopic (exact) mass is 516 g/mol. The van der Waals surface area contributed by atoms with Gasteiger partial charge in [-0.1, -0.05) is 78.1 Å². The number of hydrogen-bond donors (Lipinski definition) is 2. The molecule has 1 unspecified atom stereocenters. The summed E-state index contributed by atoms with van der Waals surface area (Å²) in [6.07, 6.45) is 1.99. The molecule has 4 aromatic carbocycles. The summed E-state index contributed by atoms with van der Waals surface area (Å²) in [7, 11) is 0. The van der Waals surface area contributed by atoms with E-state index in [0.29, 0.717) is 12.4 Å². The summed E-state index contributed by atoms with van der Waals surface area (Å²) < 4.78 is 7.59. The van der Waals surface area contributed by atoms with Crippen LogP contribution in [0, 0.1) is 0 Å². The fraction of sp³-hybridized carbons (Fsp3) is 0.133. The molecule has 1 aliphatic rings. The van der Waals surface area contributed by atoms with Crippen LogP contribution in [0.3, 0.4) is 0 Å². The SMILES string of the molecule is c1ccc(C2CCCOc3c(Nc4nc5ccccc5s4)cc(-c4ccccc4-c4nnn[nH]4)cc32)cc1. The summed E-state index contributed by atoms with van der Waals surface area (Å²) in [6.45, 7) is 0.671. The van der Waals surface area contributed by atoms with Gasteiger partial charge in [-0.15, -0.1) is 5.10 Å². The number of nitrogens with one attached hydrogen (secondary N) is 2. The topological polar surface area (TPSA) is 88.6 Å². The average molecular weight is 517 g/mol. The summed E-state index contributed by atoms with van der Waals surface area (Å²) >= 11 is 1.64. The van der Waals surface area contributed by atoms with Gasteiger partial charge in [-0.05, 0) is 64.2 Å². The van der Waals surface area contributed by atoms with E-state index in [1.807, 2.05) is 36.4 Å². The van der Waals surface area contributed by atoms with Crippen molar-refractivity contribution < 1.29 is 4.74 Å². The first-order chi connectivity index (χ1) is 18.8. The third-order valence-corrected chi connectivity index (χ3v) is 7.90. The van der Waals surface area contributed by atoms with Gasteiger partial charge in [-0.2, -0.15) is 0 Å². The number of aromatic nitrogens is 5. The molecule has 3 heterocycles. The number of anilines is 2. The minimum absolute atomic E-state index is 0.212. The van der Waals surface area contributed by atoms with Crippen molar-refractivity contribution in [3.8, 4) is 28.3 Å². The molecule has 38 heavy (non-hydrogen) atoms. The second-order valence-corrected chi connectivity index (χ2v) is 10.3. The molecule has 8 heteroatoms. The van der Waals surface area contributed by atoms with Crippen molar-refractivity contribution in [1.82, 2.24) is 25.6 Å². The van der Waals surface area contributed by atoms with Crippen LogP contribution in [-0.2, 0) is 0 Å². The van der Waals surface area contributed by atoms with E-state index in [-0.39, 0.29) is 5.92 Å². The molecule has 0 spiro atoms. The molecule has 1 atom stereocenters. The first kappa shape index (κ1) is 22.6. The highest BCUT2D eigenvalue weighted by Crippen LogP contribution is 2.46. The summed E-state index contributed by atoms with van der Waals surface area (Å²) in [5.41, 5.74) is 7.38. The summed E-state index contributed by atoms with van der Waals surface area (Å²) in [6, 6.07) is 31.5. The Hall–Kier alpha value is -4.56.